The van der Waals surface area contributed by atoms with Crippen LogP contribution in [-0.2, 0) is 0 Å². The van der Waals surface area contributed by atoms with Gasteiger partial charge in [-0.25, -0.2) is 9.18 Å². The maximum absolute atomic E-state index is 13.4. The van der Waals surface area contributed by atoms with Gasteiger partial charge in [0.05, 0.1) is 10.9 Å². The van der Waals surface area contributed by atoms with Crippen molar-refractivity contribution in [3.63, 3.8) is 0 Å². The van der Waals surface area contributed by atoms with Crippen molar-refractivity contribution in [2.75, 3.05) is 40.3 Å². The van der Waals surface area contributed by atoms with E-state index in [9.17, 15) is 14.0 Å². The maximum Gasteiger partial charge on any atom is 0.320 e. The summed E-state index contributed by atoms with van der Waals surface area (Å²) < 4.78 is 13.3. The van der Waals surface area contributed by atoms with Crippen molar-refractivity contribution in [3.05, 3.63) is 47.1 Å². The van der Waals surface area contributed by atoms with Crippen LogP contribution in [0.5, 0.6) is 0 Å². The van der Waals surface area contributed by atoms with Crippen LogP contribution in [0.1, 0.15) is 62.0 Å². The van der Waals surface area contributed by atoms with Gasteiger partial charge in [0.25, 0.3) is 5.91 Å². The topological polar surface area (TPSA) is 47.1 Å². The van der Waals surface area contributed by atoms with Crippen LogP contribution in [0.3, 0.4) is 0 Å². The number of halogens is 1. The van der Waals surface area contributed by atoms with Crippen LogP contribution < -0.4 is 0 Å². The number of carbonyl (C=O) groups excluding carboxylic acids is 2. The molecule has 206 valence electrons. The Kier molecular flexibility index (Phi) is 7.83. The highest BCUT2D eigenvalue weighted by molar-refractivity contribution is 7.17. The molecule has 2 unspecified atom stereocenters. The van der Waals surface area contributed by atoms with Gasteiger partial charge in [-0.3, -0.25) is 9.69 Å². The van der Waals surface area contributed by atoms with E-state index in [1.165, 1.54) is 49.2 Å². The lowest BCUT2D eigenvalue weighted by atomic mass is 9.75. The molecule has 0 spiro atoms. The number of hydrogen-bond donors (Lipinski definition) is 0. The van der Waals surface area contributed by atoms with E-state index in [-0.39, 0.29) is 29.8 Å². The van der Waals surface area contributed by atoms with E-state index in [1.807, 2.05) is 36.0 Å². The Morgan fingerprint density at radius 1 is 0.895 bits per heavy atom. The first-order valence-electron chi connectivity index (χ1n) is 14.0. The highest BCUT2D eigenvalue weighted by Crippen LogP contribution is 2.38. The average molecular weight is 541 g/mol. The van der Waals surface area contributed by atoms with Gasteiger partial charge < -0.3 is 14.7 Å². The second-order valence-corrected chi connectivity index (χ2v) is 13.3. The monoisotopic (exact) mass is 540 g/mol. The number of likely N-dealkylation sites (tertiary alicyclic amines) is 2. The van der Waals surface area contributed by atoms with Gasteiger partial charge in [-0.2, -0.15) is 0 Å². The first-order valence-corrected chi connectivity index (χ1v) is 14.8. The molecular weight excluding hydrogens is 499 g/mol. The third-order valence-corrected chi connectivity index (χ3v) is 10.2. The fraction of sp³-hybridized carbons (Fsp3) is 0.600. The third-order valence-electron chi connectivity index (χ3n) is 9.12. The SMILES string of the molecule is CN(C(=O)c1ccc(-c2ccc(F)cc2)s1)C1CCN(C(=O)N(C)C2CCN(C3CCC(C)(C)CC3)C2)C1. The van der Waals surface area contributed by atoms with Gasteiger partial charge in [-0.1, -0.05) is 26.0 Å². The summed E-state index contributed by atoms with van der Waals surface area (Å²) in [7, 11) is 3.79. The van der Waals surface area contributed by atoms with Gasteiger partial charge in [0, 0.05) is 57.2 Å². The first-order chi connectivity index (χ1) is 18.1. The van der Waals surface area contributed by atoms with Crippen LogP contribution in [0.25, 0.3) is 10.4 Å². The van der Waals surface area contributed by atoms with E-state index in [2.05, 4.69) is 18.7 Å². The Hall–Kier alpha value is -2.45. The summed E-state index contributed by atoms with van der Waals surface area (Å²) in [6.07, 6.45) is 6.92. The predicted molar refractivity (Wildman–Crippen MR) is 151 cm³/mol. The number of likely N-dealkylation sites (N-methyl/N-ethyl adjacent to an activating group) is 2. The summed E-state index contributed by atoms with van der Waals surface area (Å²) in [5, 5.41) is 0. The minimum atomic E-state index is -0.272. The van der Waals surface area contributed by atoms with Crippen LogP contribution >= 0.6 is 11.3 Å². The predicted octanol–water partition coefficient (Wildman–Crippen LogP) is 5.80. The minimum absolute atomic E-state index is 0.00175. The molecule has 0 N–H and O–H groups in total. The lowest BCUT2D eigenvalue weighted by Gasteiger charge is -2.39. The molecule has 1 aliphatic carbocycles. The Labute approximate surface area is 230 Å². The lowest BCUT2D eigenvalue weighted by Crippen LogP contribution is -2.48. The van der Waals surface area contributed by atoms with E-state index < -0.39 is 0 Å². The van der Waals surface area contributed by atoms with Crippen molar-refractivity contribution < 1.29 is 14.0 Å². The van der Waals surface area contributed by atoms with E-state index in [4.69, 9.17) is 0 Å². The second-order valence-electron chi connectivity index (χ2n) is 12.2. The number of benzene rings is 1. The van der Waals surface area contributed by atoms with Crippen molar-refractivity contribution in [1.82, 2.24) is 19.6 Å². The van der Waals surface area contributed by atoms with Gasteiger partial charge >= 0.3 is 6.03 Å². The summed E-state index contributed by atoms with van der Waals surface area (Å²) >= 11 is 1.42. The molecule has 1 aromatic heterocycles. The minimum Gasteiger partial charge on any atom is -0.336 e. The highest BCUT2D eigenvalue weighted by Gasteiger charge is 2.38. The first kappa shape index (κ1) is 27.1. The lowest BCUT2D eigenvalue weighted by molar-refractivity contribution is 0.0738. The summed E-state index contributed by atoms with van der Waals surface area (Å²) in [4.78, 5) is 36.5. The van der Waals surface area contributed by atoms with Gasteiger partial charge in [0.1, 0.15) is 5.82 Å². The Morgan fingerprint density at radius 3 is 2.26 bits per heavy atom. The molecule has 1 saturated carbocycles. The van der Waals surface area contributed by atoms with E-state index in [0.29, 0.717) is 29.4 Å². The van der Waals surface area contributed by atoms with Crippen molar-refractivity contribution in [3.8, 4) is 10.4 Å². The molecular formula is C30H41FN4O2S. The molecule has 5 rings (SSSR count). The number of thiophene rings is 1. The van der Waals surface area contributed by atoms with Crippen LogP contribution in [-0.4, -0.2) is 89.9 Å². The molecule has 8 heteroatoms. The average Bonchev–Trinajstić information content (AvgIpc) is 3.68. The Bertz CT molecular complexity index is 1140. The smallest absolute Gasteiger partial charge is 0.320 e. The Morgan fingerprint density at radius 2 is 1.55 bits per heavy atom. The Balaban J connectivity index is 1.13. The van der Waals surface area contributed by atoms with Crippen LogP contribution in [0, 0.1) is 11.2 Å². The molecule has 2 aromatic rings. The fourth-order valence-corrected chi connectivity index (χ4v) is 7.33. The zero-order chi connectivity index (χ0) is 27.0. The number of amides is 3. The zero-order valence-electron chi connectivity index (χ0n) is 23.2. The number of carbonyl (C=O) groups is 2. The van der Waals surface area contributed by atoms with Crippen LogP contribution in [0.4, 0.5) is 9.18 Å². The molecule has 38 heavy (non-hydrogen) atoms. The molecule has 3 fully saturated rings. The third kappa shape index (κ3) is 5.76. The molecule has 6 nitrogen and oxygen atoms in total. The normalized spacial score (nSPS) is 24.1. The van der Waals surface area contributed by atoms with Crippen molar-refractivity contribution in [1.29, 1.82) is 0 Å². The number of hydrogen-bond acceptors (Lipinski definition) is 4. The molecule has 3 heterocycles. The number of rotatable bonds is 5. The highest BCUT2D eigenvalue weighted by atomic mass is 32.1. The van der Waals surface area contributed by atoms with Gasteiger partial charge in [0.2, 0.25) is 0 Å². The molecule has 3 aliphatic rings. The van der Waals surface area contributed by atoms with E-state index in [0.717, 1.165) is 36.4 Å². The molecule has 0 radical (unpaired) electrons. The summed E-state index contributed by atoms with van der Waals surface area (Å²) in [6, 6.07) is 11.1. The van der Waals surface area contributed by atoms with Crippen molar-refractivity contribution in [2.45, 2.75) is 70.5 Å². The fourth-order valence-electron chi connectivity index (χ4n) is 6.34. The summed E-state index contributed by atoms with van der Waals surface area (Å²) in [5.41, 5.74) is 1.37. The maximum atomic E-state index is 13.4. The van der Waals surface area contributed by atoms with Crippen LogP contribution in [0.2, 0.25) is 0 Å². The second kappa shape index (κ2) is 11.0. The molecule has 1 aromatic carbocycles. The van der Waals surface area contributed by atoms with Gasteiger partial charge in [-0.15, -0.1) is 11.3 Å². The van der Waals surface area contributed by atoms with Gasteiger partial charge in [0.15, 0.2) is 0 Å². The number of urea groups is 1. The summed E-state index contributed by atoms with van der Waals surface area (Å²) in [6.45, 7) is 8.04. The molecule has 3 amide bonds. The van der Waals surface area contributed by atoms with E-state index in [1.54, 1.807) is 17.0 Å². The van der Waals surface area contributed by atoms with Crippen LogP contribution in [0.15, 0.2) is 36.4 Å². The zero-order valence-corrected chi connectivity index (χ0v) is 24.0. The largest absolute Gasteiger partial charge is 0.336 e. The molecule has 2 aliphatic heterocycles. The molecule has 2 atom stereocenters. The number of nitrogens with zero attached hydrogens (tertiary/aromatic N) is 4. The summed E-state index contributed by atoms with van der Waals surface area (Å²) in [5.74, 6) is -0.302. The van der Waals surface area contributed by atoms with Crippen molar-refractivity contribution >= 4 is 23.3 Å². The van der Waals surface area contributed by atoms with E-state index >= 15 is 0 Å². The molecule has 2 saturated heterocycles. The standard InChI is InChI=1S/C30H41FN4O2S/c1-30(2)15-11-23(12-16-30)34-17-13-25(19-34)33(4)29(37)35-18-14-24(20-35)32(3)28(36)27-10-9-26(38-27)21-5-7-22(31)8-6-21/h5-10,23-25H,11-20H2,1-4H3. The van der Waals surface area contributed by atoms with Crippen molar-refractivity contribution in [2.24, 2.45) is 5.41 Å². The van der Waals surface area contributed by atoms with Gasteiger partial charge in [-0.05, 0) is 73.8 Å². The molecule has 0 bridgehead atoms. The quantitative estimate of drug-likeness (QED) is 0.482.